The molecule has 12 nitrogen and oxygen atoms in total. The van der Waals surface area contributed by atoms with E-state index in [0.29, 0.717) is 0 Å². The summed E-state index contributed by atoms with van der Waals surface area (Å²) in [4.78, 5) is 58.5. The van der Waals surface area contributed by atoms with Crippen LogP contribution in [-0.4, -0.2) is 64.2 Å². The maximum Gasteiger partial charge on any atom is 0.408 e. The Morgan fingerprint density at radius 2 is 1.15 bits per heavy atom. The Bertz CT molecular complexity index is 1740. The number of hydrogen-bond donors (Lipinski definition) is 6. The summed E-state index contributed by atoms with van der Waals surface area (Å²) in [7, 11) is 0. The number of hydrogen-bond acceptors (Lipinski definition) is 8. The van der Waals surface area contributed by atoms with Gasteiger partial charge in [-0.05, 0) is 46.6 Å². The van der Waals surface area contributed by atoms with E-state index in [1.54, 1.807) is 32.3 Å². The molecule has 0 aliphatic carbocycles. The molecule has 0 aliphatic heterocycles. The van der Waals surface area contributed by atoms with E-state index in [1.165, 1.54) is 0 Å². The van der Waals surface area contributed by atoms with Crippen LogP contribution in [0.5, 0.6) is 0 Å². The molecule has 0 unspecified atom stereocenters. The van der Waals surface area contributed by atoms with E-state index in [9.17, 15) is 24.3 Å². The van der Waals surface area contributed by atoms with Crippen molar-refractivity contribution in [2.75, 3.05) is 0 Å². The van der Waals surface area contributed by atoms with Gasteiger partial charge in [0.05, 0.1) is 12.1 Å². The molecule has 0 saturated heterocycles. The zero-order chi connectivity index (χ0) is 38.9. The van der Waals surface area contributed by atoms with Crippen molar-refractivity contribution in [2.45, 2.75) is 84.1 Å². The molecule has 0 bridgehead atoms. The highest BCUT2D eigenvalue weighted by atomic mass is 16.5. The lowest BCUT2D eigenvalue weighted by atomic mass is 9.93. The first-order valence-electron chi connectivity index (χ1n) is 18.3. The first kappa shape index (κ1) is 41.2. The highest BCUT2D eigenvalue weighted by Gasteiger charge is 2.38. The quantitative estimate of drug-likeness (QED) is 0.0838. The normalized spacial score (nSPS) is 13.9. The van der Waals surface area contributed by atoms with Gasteiger partial charge in [-0.15, -0.1) is 0 Å². The van der Waals surface area contributed by atoms with Crippen LogP contribution in [0, 0.1) is 11.8 Å². The molecule has 0 aliphatic rings. The summed E-state index contributed by atoms with van der Waals surface area (Å²) in [5, 5.41) is 26.6. The first-order valence-corrected chi connectivity index (χ1v) is 18.3. The van der Waals surface area contributed by atoms with E-state index in [4.69, 9.17) is 4.74 Å². The Morgan fingerprint density at radius 1 is 0.611 bits per heavy atom. The van der Waals surface area contributed by atoms with E-state index in [1.807, 2.05) is 111 Å². The number of aliphatic hydroxyl groups excluding tert-OH is 1. The summed E-state index contributed by atoms with van der Waals surface area (Å²) in [6, 6.07) is 27.2. The lowest BCUT2D eigenvalue weighted by molar-refractivity contribution is -0.134. The van der Waals surface area contributed by atoms with Gasteiger partial charge in [-0.1, -0.05) is 125 Å². The van der Waals surface area contributed by atoms with Crippen LogP contribution in [-0.2, 0) is 45.2 Å². The van der Waals surface area contributed by atoms with Gasteiger partial charge in [0.25, 0.3) is 0 Å². The van der Waals surface area contributed by atoms with Crippen LogP contribution in [0.25, 0.3) is 0 Å². The minimum atomic E-state index is -1.48. The third-order valence-corrected chi connectivity index (χ3v) is 8.90. The van der Waals surface area contributed by atoms with Crippen LogP contribution < -0.4 is 26.6 Å². The third kappa shape index (κ3) is 13.1. The fourth-order valence-electron chi connectivity index (χ4n) is 5.83. The molecule has 1 aromatic heterocycles. The van der Waals surface area contributed by atoms with Crippen LogP contribution in [0.4, 0.5) is 4.79 Å². The molecule has 0 saturated carbocycles. The molecule has 54 heavy (non-hydrogen) atoms. The predicted octanol–water partition coefficient (Wildman–Crippen LogP) is 4.04. The predicted molar refractivity (Wildman–Crippen MR) is 206 cm³/mol. The Morgan fingerprint density at radius 3 is 1.72 bits per heavy atom. The van der Waals surface area contributed by atoms with Gasteiger partial charge in [0.1, 0.15) is 24.7 Å². The Balaban J connectivity index is 1.56. The lowest BCUT2D eigenvalue weighted by Crippen LogP contribution is -2.63. The summed E-state index contributed by atoms with van der Waals surface area (Å²) >= 11 is 0. The van der Waals surface area contributed by atoms with Gasteiger partial charge < -0.3 is 31.1 Å². The number of carbonyl (C=O) groups is 4. The highest BCUT2D eigenvalue weighted by molar-refractivity contribution is 5.90. The lowest BCUT2D eigenvalue weighted by Gasteiger charge is -2.33. The molecule has 4 aromatic rings. The number of nitrogens with zero attached hydrogens (tertiary/aromatic N) is 1. The summed E-state index contributed by atoms with van der Waals surface area (Å²) in [5.41, 5.74) is 3.26. The van der Waals surface area contributed by atoms with E-state index >= 15 is 0 Å². The summed E-state index contributed by atoms with van der Waals surface area (Å²) < 4.78 is 5.39. The monoisotopic (exact) mass is 736 g/mol. The van der Waals surface area contributed by atoms with Gasteiger partial charge in [-0.2, -0.15) is 0 Å². The van der Waals surface area contributed by atoms with Crippen LogP contribution in [0.15, 0.2) is 116 Å². The topological polar surface area (TPSA) is 171 Å². The highest BCUT2D eigenvalue weighted by Crippen LogP contribution is 2.14. The number of rotatable bonds is 19. The maximum atomic E-state index is 14.2. The van der Waals surface area contributed by atoms with Crippen molar-refractivity contribution in [3.05, 3.63) is 138 Å². The molecule has 4 amide bonds. The molecular formula is C42H52N6O6. The average molecular weight is 737 g/mol. The van der Waals surface area contributed by atoms with E-state index < -0.39 is 54.1 Å². The second kappa shape index (κ2) is 21.2. The van der Waals surface area contributed by atoms with Gasteiger partial charge in [-0.25, -0.2) is 4.79 Å². The van der Waals surface area contributed by atoms with Crippen molar-refractivity contribution in [1.82, 2.24) is 31.6 Å². The Kier molecular flexibility index (Phi) is 16.2. The number of nitrogens with one attached hydrogen (secondary N) is 5. The molecule has 4 rings (SSSR count). The number of aromatic nitrogens is 1. The van der Waals surface area contributed by atoms with Gasteiger partial charge in [0.15, 0.2) is 0 Å². The van der Waals surface area contributed by atoms with E-state index in [-0.39, 0.29) is 38.0 Å². The first-order chi connectivity index (χ1) is 26.0. The van der Waals surface area contributed by atoms with Crippen molar-refractivity contribution in [3.63, 3.8) is 0 Å². The second-order valence-corrected chi connectivity index (χ2v) is 13.9. The number of alkyl carbamates (subject to hydrolysis) is 1. The molecule has 6 N–H and O–H groups in total. The third-order valence-electron chi connectivity index (χ3n) is 8.90. The molecule has 3 aromatic carbocycles. The van der Waals surface area contributed by atoms with Gasteiger partial charge in [0.2, 0.25) is 17.7 Å². The zero-order valence-electron chi connectivity index (χ0n) is 31.3. The zero-order valence-corrected chi connectivity index (χ0v) is 31.3. The molecule has 5 atom stereocenters. The number of amides is 4. The molecule has 12 heteroatoms. The summed E-state index contributed by atoms with van der Waals surface area (Å²) in [6.07, 6.45) is 1.20. The van der Waals surface area contributed by atoms with Crippen molar-refractivity contribution < 1.29 is 29.0 Å². The van der Waals surface area contributed by atoms with Crippen molar-refractivity contribution in [2.24, 2.45) is 11.8 Å². The molecular weight excluding hydrogens is 684 g/mol. The molecule has 0 spiro atoms. The van der Waals surface area contributed by atoms with Crippen LogP contribution in [0.1, 0.15) is 49.9 Å². The summed E-state index contributed by atoms with van der Waals surface area (Å²) in [5.74, 6) is -2.22. The summed E-state index contributed by atoms with van der Waals surface area (Å²) in [6.45, 7) is 7.67. The smallest absolute Gasteiger partial charge is 0.408 e. The van der Waals surface area contributed by atoms with Crippen LogP contribution >= 0.6 is 0 Å². The molecule has 286 valence electrons. The maximum absolute atomic E-state index is 14.2. The molecule has 0 radical (unpaired) electrons. The number of pyridine rings is 1. The van der Waals surface area contributed by atoms with Crippen LogP contribution in [0.2, 0.25) is 0 Å². The van der Waals surface area contributed by atoms with Crippen LogP contribution in [0.3, 0.4) is 0 Å². The standard InChI is InChI=1S/C42H52N6O6/c1-28(2)35(39(50)45-26-33-21-14-22-43-24-33)47-41(52)37(44-25-31-17-10-6-11-18-31)38(49)34(23-30-15-8-5-9-16-30)46-40(51)36(29(3)4)48-42(53)54-27-32-19-12-7-13-20-32/h5-22,24,28-29,34-38,44,49H,23,25-27H2,1-4H3,(H,45,50)(H,46,51)(H,47,52)(H,48,53)/t34-,35-,36-,37+,38-/m0/s1. The van der Waals surface area contributed by atoms with Gasteiger partial charge >= 0.3 is 6.09 Å². The van der Waals surface area contributed by atoms with E-state index in [2.05, 4.69) is 31.6 Å². The fraction of sp³-hybridized carbons (Fsp3) is 0.357. The minimum absolute atomic E-state index is 0.0250. The number of aliphatic hydroxyl groups is 1. The molecule has 0 fully saturated rings. The fourth-order valence-corrected chi connectivity index (χ4v) is 5.83. The average Bonchev–Trinajstić information content (AvgIpc) is 3.18. The largest absolute Gasteiger partial charge is 0.445 e. The SMILES string of the molecule is CC(C)[C@H](NC(=O)OCc1ccccc1)C(=O)N[C@@H](Cc1ccccc1)[C@H](O)[C@@H](NCc1ccccc1)C(=O)N[C@H](C(=O)NCc1cccnc1)C(C)C. The molecule has 1 heterocycles. The Hall–Kier alpha value is -5.59. The van der Waals surface area contributed by atoms with E-state index in [0.717, 1.165) is 22.3 Å². The Labute approximate surface area is 317 Å². The van der Waals surface area contributed by atoms with Gasteiger partial charge in [0, 0.05) is 25.5 Å². The number of carbonyl (C=O) groups excluding carboxylic acids is 4. The van der Waals surface area contributed by atoms with Crippen molar-refractivity contribution >= 4 is 23.8 Å². The second-order valence-electron chi connectivity index (χ2n) is 13.9. The van der Waals surface area contributed by atoms with Crippen molar-refractivity contribution in [3.8, 4) is 0 Å². The number of benzene rings is 3. The van der Waals surface area contributed by atoms with Crippen molar-refractivity contribution in [1.29, 1.82) is 0 Å². The number of ether oxygens (including phenoxy) is 1. The minimum Gasteiger partial charge on any atom is -0.445 e. The van der Waals surface area contributed by atoms with Gasteiger partial charge in [-0.3, -0.25) is 24.7 Å².